The molecule has 1 saturated heterocycles. The first-order chi connectivity index (χ1) is 14.8. The van der Waals surface area contributed by atoms with Crippen molar-refractivity contribution in [3.8, 4) is 11.5 Å². The minimum Gasteiger partial charge on any atom is -0.493 e. The van der Waals surface area contributed by atoms with Gasteiger partial charge < -0.3 is 14.8 Å². The van der Waals surface area contributed by atoms with Crippen LogP contribution in [0.15, 0.2) is 45.8 Å². The molecule has 31 heavy (non-hydrogen) atoms. The van der Waals surface area contributed by atoms with Crippen LogP contribution in [0.1, 0.15) is 12.5 Å². The molecule has 0 unspecified atom stereocenters. The molecule has 0 aliphatic carbocycles. The summed E-state index contributed by atoms with van der Waals surface area (Å²) in [7, 11) is 1.53. The fourth-order valence-electron chi connectivity index (χ4n) is 2.76. The molecule has 0 radical (unpaired) electrons. The number of nitrogens with zero attached hydrogens (tertiary/aromatic N) is 1. The van der Waals surface area contributed by atoms with E-state index >= 15 is 0 Å². The van der Waals surface area contributed by atoms with Crippen molar-refractivity contribution in [1.29, 1.82) is 0 Å². The third-order valence-corrected chi connectivity index (χ3v) is 6.12. The molecule has 2 aromatic carbocycles. The number of imide groups is 1. The first-order valence-corrected chi connectivity index (χ1v) is 11.1. The van der Waals surface area contributed by atoms with Crippen LogP contribution in [-0.2, 0) is 9.59 Å². The highest BCUT2D eigenvalue weighted by Gasteiger charge is 2.36. The summed E-state index contributed by atoms with van der Waals surface area (Å²) in [6, 6.07) is 10.1. The molecule has 0 saturated carbocycles. The number of methoxy groups -OCH3 is 1. The highest BCUT2D eigenvalue weighted by molar-refractivity contribution is 9.10. The summed E-state index contributed by atoms with van der Waals surface area (Å²) >= 11 is 10.2. The van der Waals surface area contributed by atoms with Crippen LogP contribution < -0.4 is 14.8 Å². The zero-order valence-electron chi connectivity index (χ0n) is 16.6. The van der Waals surface area contributed by atoms with Gasteiger partial charge in [0, 0.05) is 4.47 Å². The second-order valence-electron chi connectivity index (χ2n) is 6.25. The van der Waals surface area contributed by atoms with Gasteiger partial charge in [-0.15, -0.1) is 0 Å². The fourth-order valence-corrected chi connectivity index (χ4v) is 4.21. The maximum absolute atomic E-state index is 12.8. The number of hydrogen-bond donors (Lipinski definition) is 1. The number of ether oxygens (including phenoxy) is 2. The molecule has 1 N–H and O–H groups in total. The van der Waals surface area contributed by atoms with Gasteiger partial charge in [0.25, 0.3) is 11.1 Å². The number of rotatable bonds is 7. The van der Waals surface area contributed by atoms with Crippen LogP contribution in [-0.4, -0.2) is 42.2 Å². The van der Waals surface area contributed by atoms with Crippen molar-refractivity contribution >= 4 is 68.1 Å². The minimum absolute atomic E-state index is 0.198. The Kier molecular flexibility index (Phi) is 7.64. The molecule has 0 bridgehead atoms. The second-order valence-corrected chi connectivity index (χ2v) is 8.51. The molecule has 1 heterocycles. The van der Waals surface area contributed by atoms with Crippen molar-refractivity contribution in [3.05, 3.63) is 56.4 Å². The van der Waals surface area contributed by atoms with E-state index in [1.165, 1.54) is 7.11 Å². The Morgan fingerprint density at radius 3 is 2.68 bits per heavy atom. The van der Waals surface area contributed by atoms with Gasteiger partial charge in [-0.1, -0.05) is 39.7 Å². The quantitative estimate of drug-likeness (QED) is 0.501. The highest BCUT2D eigenvalue weighted by Crippen LogP contribution is 2.38. The van der Waals surface area contributed by atoms with Gasteiger partial charge in [-0.25, -0.2) is 0 Å². The molecule has 0 aromatic heterocycles. The Balaban J connectivity index is 1.78. The number of thioether (sulfide) groups is 1. The van der Waals surface area contributed by atoms with Crippen molar-refractivity contribution in [3.63, 3.8) is 0 Å². The van der Waals surface area contributed by atoms with Crippen molar-refractivity contribution in [2.24, 2.45) is 0 Å². The zero-order valence-corrected chi connectivity index (χ0v) is 19.8. The molecule has 3 rings (SSSR count). The lowest BCUT2D eigenvalue weighted by atomic mass is 10.2. The van der Waals surface area contributed by atoms with Crippen LogP contribution in [0.3, 0.4) is 0 Å². The van der Waals surface area contributed by atoms with E-state index in [2.05, 4.69) is 21.2 Å². The molecule has 0 atom stereocenters. The molecule has 1 aliphatic rings. The number of carbonyl (C=O) groups is 3. The van der Waals surface area contributed by atoms with Gasteiger partial charge in [0.05, 0.1) is 29.3 Å². The van der Waals surface area contributed by atoms with Gasteiger partial charge >= 0.3 is 0 Å². The first kappa shape index (κ1) is 23.2. The molecule has 1 fully saturated rings. The van der Waals surface area contributed by atoms with Gasteiger partial charge in [0.1, 0.15) is 6.54 Å². The smallest absolute Gasteiger partial charge is 0.294 e. The molecule has 162 valence electrons. The minimum atomic E-state index is -0.551. The molecule has 2 aromatic rings. The lowest BCUT2D eigenvalue weighted by Crippen LogP contribution is -2.36. The Bertz CT molecular complexity index is 1080. The summed E-state index contributed by atoms with van der Waals surface area (Å²) in [6.45, 7) is 1.87. The second kappa shape index (κ2) is 10.2. The molecule has 10 heteroatoms. The number of halogens is 2. The zero-order chi connectivity index (χ0) is 22.5. The third-order valence-electron chi connectivity index (χ3n) is 4.19. The van der Waals surface area contributed by atoms with E-state index in [9.17, 15) is 14.4 Å². The lowest BCUT2D eigenvalue weighted by molar-refractivity contribution is -0.127. The molecule has 0 spiro atoms. The number of amides is 3. The van der Waals surface area contributed by atoms with Crippen LogP contribution in [0, 0.1) is 0 Å². The Morgan fingerprint density at radius 1 is 1.26 bits per heavy atom. The average molecular weight is 526 g/mol. The van der Waals surface area contributed by atoms with E-state index in [0.29, 0.717) is 38.9 Å². The van der Waals surface area contributed by atoms with E-state index in [0.717, 1.165) is 16.7 Å². The van der Waals surface area contributed by atoms with Gasteiger partial charge in [-0.3, -0.25) is 19.3 Å². The lowest BCUT2D eigenvalue weighted by Gasteiger charge is -2.13. The molecular weight excluding hydrogens is 508 g/mol. The largest absolute Gasteiger partial charge is 0.493 e. The topological polar surface area (TPSA) is 84.9 Å². The fraction of sp³-hybridized carbons (Fsp3) is 0.190. The normalized spacial score (nSPS) is 14.8. The van der Waals surface area contributed by atoms with E-state index in [1.54, 1.807) is 42.5 Å². The van der Waals surface area contributed by atoms with Crippen LogP contribution in [0.4, 0.5) is 10.5 Å². The van der Waals surface area contributed by atoms with Crippen LogP contribution in [0.5, 0.6) is 11.5 Å². The van der Waals surface area contributed by atoms with Crippen molar-refractivity contribution in [2.45, 2.75) is 6.92 Å². The maximum Gasteiger partial charge on any atom is 0.294 e. The van der Waals surface area contributed by atoms with Gasteiger partial charge in [-0.05, 0) is 54.6 Å². The number of carbonyl (C=O) groups excluding carboxylic acids is 3. The summed E-state index contributed by atoms with van der Waals surface area (Å²) in [6.07, 6.45) is 1.57. The first-order valence-electron chi connectivity index (χ1n) is 9.14. The summed E-state index contributed by atoms with van der Waals surface area (Å²) in [5.74, 6) is -0.0288. The third kappa shape index (κ3) is 5.41. The predicted octanol–water partition coefficient (Wildman–Crippen LogP) is 5.18. The van der Waals surface area contributed by atoms with E-state index < -0.39 is 23.6 Å². The van der Waals surface area contributed by atoms with Crippen LogP contribution in [0.25, 0.3) is 6.08 Å². The van der Waals surface area contributed by atoms with E-state index in [1.807, 2.05) is 6.92 Å². The summed E-state index contributed by atoms with van der Waals surface area (Å²) in [4.78, 5) is 38.5. The van der Waals surface area contributed by atoms with Crippen molar-refractivity contribution in [1.82, 2.24) is 4.90 Å². The van der Waals surface area contributed by atoms with Crippen LogP contribution >= 0.6 is 39.3 Å². The number of para-hydroxylation sites is 1. The number of anilines is 1. The Morgan fingerprint density at radius 2 is 2.00 bits per heavy atom. The van der Waals surface area contributed by atoms with Crippen molar-refractivity contribution < 1.29 is 23.9 Å². The SMILES string of the molecule is CCOc1cc(/C=C2/SC(=O)N(CC(=O)Nc3ccccc3Cl)C2=O)c(Br)cc1OC. The maximum atomic E-state index is 12.8. The van der Waals surface area contributed by atoms with E-state index in [4.69, 9.17) is 21.1 Å². The molecule has 3 amide bonds. The average Bonchev–Trinajstić information content (AvgIpc) is 2.99. The van der Waals surface area contributed by atoms with E-state index in [-0.39, 0.29) is 4.91 Å². The molecule has 1 aliphatic heterocycles. The van der Waals surface area contributed by atoms with Gasteiger partial charge in [-0.2, -0.15) is 0 Å². The monoisotopic (exact) mass is 524 g/mol. The molecular formula is C21H18BrClN2O5S. The Hall–Kier alpha value is -2.49. The highest BCUT2D eigenvalue weighted by atomic mass is 79.9. The van der Waals surface area contributed by atoms with Crippen LogP contribution in [0.2, 0.25) is 5.02 Å². The van der Waals surface area contributed by atoms with Gasteiger partial charge in [0.15, 0.2) is 11.5 Å². The summed E-state index contributed by atoms with van der Waals surface area (Å²) in [5.41, 5.74) is 1.04. The number of nitrogens with one attached hydrogen (secondary N) is 1. The Labute approximate surface area is 196 Å². The van der Waals surface area contributed by atoms with Crippen molar-refractivity contribution in [2.75, 3.05) is 25.6 Å². The van der Waals surface area contributed by atoms with Gasteiger partial charge in [0.2, 0.25) is 5.91 Å². The number of benzene rings is 2. The summed E-state index contributed by atoms with van der Waals surface area (Å²) in [5, 5.41) is 2.44. The molecule has 7 nitrogen and oxygen atoms in total. The standard InChI is InChI=1S/C21H18BrClN2O5S/c1-3-30-17-8-12(13(22)10-16(17)29-2)9-18-20(27)25(21(28)31-18)11-19(26)24-15-7-5-4-6-14(15)23/h4-10H,3,11H2,1-2H3,(H,24,26)/b18-9+. The summed E-state index contributed by atoms with van der Waals surface area (Å²) < 4.78 is 11.5. The predicted molar refractivity (Wildman–Crippen MR) is 125 cm³/mol. The number of hydrogen-bond acceptors (Lipinski definition) is 6.